The molecule has 0 unspecified atom stereocenters. The molecule has 1 aromatic rings. The van der Waals surface area contributed by atoms with Crippen LogP contribution in [0.25, 0.3) is 0 Å². The fourth-order valence-electron chi connectivity index (χ4n) is 1.19. The molecule has 0 aromatic heterocycles. The highest BCUT2D eigenvalue weighted by Crippen LogP contribution is 2.19. The van der Waals surface area contributed by atoms with Gasteiger partial charge in [0.2, 0.25) is 0 Å². The molecule has 3 heteroatoms. The molecule has 1 aromatic carbocycles. The molecule has 0 heterocycles. The van der Waals surface area contributed by atoms with Crippen molar-refractivity contribution in [2.45, 2.75) is 26.9 Å². The van der Waals surface area contributed by atoms with Gasteiger partial charge in [0.1, 0.15) is 6.61 Å². The van der Waals surface area contributed by atoms with Crippen LogP contribution in [0.2, 0.25) is 0 Å². The number of nitrogens with zero attached hydrogens (tertiary/aromatic N) is 1. The number of hydrogen-bond acceptors (Lipinski definition) is 3. The third kappa shape index (κ3) is 4.14. The van der Waals surface area contributed by atoms with E-state index < -0.39 is 5.41 Å². The normalized spacial score (nSPS) is 10.6. The zero-order chi connectivity index (χ0) is 12.0. The summed E-state index contributed by atoms with van der Waals surface area (Å²) in [5.41, 5.74) is 0.291. The molecule has 0 radical (unpaired) electrons. The van der Waals surface area contributed by atoms with Crippen LogP contribution < -0.4 is 0 Å². The van der Waals surface area contributed by atoms with E-state index in [9.17, 15) is 4.79 Å². The number of esters is 1. The SMILES string of the molecule is CC(C)(C#N)CC(=O)OCc1ccccc1. The molecule has 0 fully saturated rings. The molecule has 0 amide bonds. The smallest absolute Gasteiger partial charge is 0.307 e. The lowest BCUT2D eigenvalue weighted by Crippen LogP contribution is -2.16. The summed E-state index contributed by atoms with van der Waals surface area (Å²) in [6.45, 7) is 3.70. The van der Waals surface area contributed by atoms with E-state index in [2.05, 4.69) is 6.07 Å². The first kappa shape index (κ1) is 12.3. The fourth-order valence-corrected chi connectivity index (χ4v) is 1.19. The van der Waals surface area contributed by atoms with Crippen molar-refractivity contribution in [2.75, 3.05) is 0 Å². The Bertz CT molecular complexity index is 390. The number of ether oxygens (including phenoxy) is 1. The van der Waals surface area contributed by atoms with Crippen LogP contribution in [0.5, 0.6) is 0 Å². The van der Waals surface area contributed by atoms with E-state index in [4.69, 9.17) is 10.00 Å². The zero-order valence-corrected chi connectivity index (χ0v) is 9.56. The molecule has 0 N–H and O–H groups in total. The third-order valence-electron chi connectivity index (χ3n) is 2.13. The molecule has 0 aliphatic rings. The maximum atomic E-state index is 11.4. The van der Waals surface area contributed by atoms with E-state index in [-0.39, 0.29) is 19.0 Å². The van der Waals surface area contributed by atoms with Gasteiger partial charge in [0, 0.05) is 0 Å². The molecule has 16 heavy (non-hydrogen) atoms. The molecule has 1 rings (SSSR count). The van der Waals surface area contributed by atoms with Crippen molar-refractivity contribution in [3.63, 3.8) is 0 Å². The van der Waals surface area contributed by atoms with Gasteiger partial charge in [0.05, 0.1) is 17.9 Å². The Morgan fingerprint density at radius 3 is 2.56 bits per heavy atom. The molecular weight excluding hydrogens is 202 g/mol. The lowest BCUT2D eigenvalue weighted by molar-refractivity contribution is -0.146. The molecule has 0 saturated heterocycles. The third-order valence-corrected chi connectivity index (χ3v) is 2.13. The summed E-state index contributed by atoms with van der Waals surface area (Å²) in [5, 5.41) is 8.77. The van der Waals surface area contributed by atoms with Crippen LogP contribution in [0, 0.1) is 16.7 Å². The Hall–Kier alpha value is -1.82. The second kappa shape index (κ2) is 5.32. The minimum atomic E-state index is -0.659. The highest BCUT2D eigenvalue weighted by Gasteiger charge is 2.22. The molecule has 0 atom stereocenters. The zero-order valence-electron chi connectivity index (χ0n) is 9.56. The van der Waals surface area contributed by atoms with Crippen LogP contribution in [-0.2, 0) is 16.1 Å². The molecule has 0 aliphatic carbocycles. The monoisotopic (exact) mass is 217 g/mol. The van der Waals surface area contributed by atoms with Gasteiger partial charge in [-0.1, -0.05) is 30.3 Å². The number of rotatable bonds is 4. The number of carbonyl (C=O) groups is 1. The van der Waals surface area contributed by atoms with Gasteiger partial charge < -0.3 is 4.74 Å². The van der Waals surface area contributed by atoms with Gasteiger partial charge in [-0.3, -0.25) is 4.79 Å². The van der Waals surface area contributed by atoms with Crippen molar-refractivity contribution in [2.24, 2.45) is 5.41 Å². The standard InChI is InChI=1S/C13H15NO2/c1-13(2,10-14)8-12(15)16-9-11-6-4-3-5-7-11/h3-7H,8-9H2,1-2H3. The summed E-state index contributed by atoms with van der Waals surface area (Å²) >= 11 is 0. The summed E-state index contributed by atoms with van der Waals surface area (Å²) in [4.78, 5) is 11.4. The highest BCUT2D eigenvalue weighted by atomic mass is 16.5. The molecule has 0 aliphatic heterocycles. The minimum Gasteiger partial charge on any atom is -0.461 e. The first-order valence-electron chi connectivity index (χ1n) is 5.14. The van der Waals surface area contributed by atoms with Gasteiger partial charge in [0.15, 0.2) is 0 Å². The van der Waals surface area contributed by atoms with Crippen LogP contribution in [0.1, 0.15) is 25.8 Å². The van der Waals surface area contributed by atoms with Gasteiger partial charge in [-0.15, -0.1) is 0 Å². The Kier molecular flexibility index (Phi) is 4.07. The van der Waals surface area contributed by atoms with Crippen molar-refractivity contribution in [3.8, 4) is 6.07 Å². The summed E-state index contributed by atoms with van der Waals surface area (Å²) in [5.74, 6) is -0.338. The quantitative estimate of drug-likeness (QED) is 0.728. The maximum absolute atomic E-state index is 11.4. The first-order valence-corrected chi connectivity index (χ1v) is 5.14. The van der Waals surface area contributed by atoms with E-state index >= 15 is 0 Å². The van der Waals surface area contributed by atoms with Gasteiger partial charge in [-0.25, -0.2) is 0 Å². The fraction of sp³-hybridized carbons (Fsp3) is 0.385. The van der Waals surface area contributed by atoms with Gasteiger partial charge in [0.25, 0.3) is 0 Å². The average molecular weight is 217 g/mol. The summed E-state index contributed by atoms with van der Waals surface area (Å²) in [7, 11) is 0. The molecular formula is C13H15NO2. The van der Waals surface area contributed by atoms with Crippen LogP contribution in [-0.4, -0.2) is 5.97 Å². The predicted octanol–water partition coefficient (Wildman–Crippen LogP) is 2.67. The summed E-state index contributed by atoms with van der Waals surface area (Å²) in [6.07, 6.45) is 0.121. The second-order valence-corrected chi connectivity index (χ2v) is 4.32. The largest absolute Gasteiger partial charge is 0.461 e. The number of carbonyl (C=O) groups excluding carboxylic acids is 1. The van der Waals surface area contributed by atoms with Gasteiger partial charge in [-0.05, 0) is 19.4 Å². The Morgan fingerprint density at radius 2 is 2.00 bits per heavy atom. The van der Waals surface area contributed by atoms with E-state index in [1.54, 1.807) is 13.8 Å². The Morgan fingerprint density at radius 1 is 1.38 bits per heavy atom. The van der Waals surface area contributed by atoms with E-state index in [0.717, 1.165) is 5.56 Å². The second-order valence-electron chi connectivity index (χ2n) is 4.32. The van der Waals surface area contributed by atoms with Crippen molar-refractivity contribution in [1.82, 2.24) is 0 Å². The molecule has 0 bridgehead atoms. The van der Waals surface area contributed by atoms with Crippen molar-refractivity contribution in [1.29, 1.82) is 5.26 Å². The highest BCUT2D eigenvalue weighted by molar-refractivity contribution is 5.70. The topological polar surface area (TPSA) is 50.1 Å². The molecule has 3 nitrogen and oxygen atoms in total. The van der Waals surface area contributed by atoms with Crippen molar-refractivity contribution < 1.29 is 9.53 Å². The first-order chi connectivity index (χ1) is 7.53. The number of benzene rings is 1. The van der Waals surface area contributed by atoms with Crippen molar-refractivity contribution >= 4 is 5.97 Å². The maximum Gasteiger partial charge on any atom is 0.307 e. The molecule has 84 valence electrons. The van der Waals surface area contributed by atoms with Crippen LogP contribution in [0.3, 0.4) is 0 Å². The lowest BCUT2D eigenvalue weighted by Gasteiger charge is -2.13. The van der Waals surface area contributed by atoms with E-state index in [1.807, 2.05) is 30.3 Å². The summed E-state index contributed by atoms with van der Waals surface area (Å²) < 4.78 is 5.08. The Balaban J connectivity index is 2.40. The van der Waals surface area contributed by atoms with Crippen molar-refractivity contribution in [3.05, 3.63) is 35.9 Å². The number of nitriles is 1. The minimum absolute atomic E-state index is 0.121. The number of hydrogen-bond donors (Lipinski definition) is 0. The summed E-state index contributed by atoms with van der Waals surface area (Å²) in [6, 6.07) is 11.5. The van der Waals surface area contributed by atoms with Crippen LogP contribution >= 0.6 is 0 Å². The van der Waals surface area contributed by atoms with Gasteiger partial charge in [-0.2, -0.15) is 5.26 Å². The average Bonchev–Trinajstić information content (AvgIpc) is 2.27. The Labute approximate surface area is 95.7 Å². The molecule has 0 saturated carbocycles. The van der Waals surface area contributed by atoms with Gasteiger partial charge >= 0.3 is 5.97 Å². The van der Waals surface area contributed by atoms with Crippen LogP contribution in [0.4, 0.5) is 0 Å². The van der Waals surface area contributed by atoms with E-state index in [1.165, 1.54) is 0 Å². The predicted molar refractivity (Wildman–Crippen MR) is 60.2 cm³/mol. The molecule has 0 spiro atoms. The van der Waals surface area contributed by atoms with E-state index in [0.29, 0.717) is 0 Å². The van der Waals surface area contributed by atoms with Crippen LogP contribution in [0.15, 0.2) is 30.3 Å². The lowest BCUT2D eigenvalue weighted by atomic mass is 9.92.